The van der Waals surface area contributed by atoms with E-state index in [-0.39, 0.29) is 11.8 Å². The first-order valence-corrected chi connectivity index (χ1v) is 7.87. The third-order valence-corrected chi connectivity index (χ3v) is 3.13. The molecule has 0 spiro atoms. The zero-order chi connectivity index (χ0) is 17.2. The predicted octanol–water partition coefficient (Wildman–Crippen LogP) is 1.62. The minimum Gasteiger partial charge on any atom is -0.379 e. The molecule has 0 saturated carbocycles. The lowest BCUT2D eigenvalue weighted by Crippen LogP contribution is -2.35. The molecular formula is C16H24N4O3. The number of carbonyl (C=O) groups is 2. The number of nitrogens with zero attached hydrogens (tertiary/aromatic N) is 2. The van der Waals surface area contributed by atoms with Crippen LogP contribution in [-0.4, -0.2) is 41.1 Å². The van der Waals surface area contributed by atoms with E-state index in [4.69, 9.17) is 10.00 Å². The minimum absolute atomic E-state index is 0.123. The second kappa shape index (κ2) is 9.74. The van der Waals surface area contributed by atoms with E-state index in [9.17, 15) is 9.59 Å². The second-order valence-electron chi connectivity index (χ2n) is 5.52. The SMILES string of the molecule is CCCc1cc(C(=O)C(C#N)C(=O)NCCCOC(C)C)n[nH]1. The van der Waals surface area contributed by atoms with Crippen LogP contribution in [0.15, 0.2) is 6.07 Å². The van der Waals surface area contributed by atoms with Gasteiger partial charge in [-0.1, -0.05) is 13.3 Å². The number of ketones is 1. The average molecular weight is 320 g/mol. The first-order valence-electron chi connectivity index (χ1n) is 7.87. The van der Waals surface area contributed by atoms with Gasteiger partial charge in [-0.05, 0) is 32.8 Å². The molecule has 2 N–H and O–H groups in total. The summed E-state index contributed by atoms with van der Waals surface area (Å²) < 4.78 is 5.36. The number of hydrogen-bond acceptors (Lipinski definition) is 5. The van der Waals surface area contributed by atoms with E-state index in [1.807, 2.05) is 20.8 Å². The summed E-state index contributed by atoms with van der Waals surface area (Å²) in [6.07, 6.45) is 2.44. The van der Waals surface area contributed by atoms with Crippen molar-refractivity contribution in [1.82, 2.24) is 15.5 Å². The van der Waals surface area contributed by atoms with Crippen molar-refractivity contribution in [3.8, 4) is 6.07 Å². The molecule has 7 heteroatoms. The summed E-state index contributed by atoms with van der Waals surface area (Å²) in [5, 5.41) is 18.3. The summed E-state index contributed by atoms with van der Waals surface area (Å²) in [6, 6.07) is 3.35. The normalized spacial score (nSPS) is 12.0. The third-order valence-electron chi connectivity index (χ3n) is 3.13. The highest BCUT2D eigenvalue weighted by atomic mass is 16.5. The Labute approximate surface area is 136 Å². The van der Waals surface area contributed by atoms with Gasteiger partial charge in [-0.3, -0.25) is 14.7 Å². The Morgan fingerprint density at radius 2 is 2.22 bits per heavy atom. The summed E-state index contributed by atoms with van der Waals surface area (Å²) >= 11 is 0. The summed E-state index contributed by atoms with van der Waals surface area (Å²) in [6.45, 7) is 6.75. The average Bonchev–Trinajstić information content (AvgIpc) is 2.96. The lowest BCUT2D eigenvalue weighted by molar-refractivity contribution is -0.122. The van der Waals surface area contributed by atoms with Crippen molar-refractivity contribution in [1.29, 1.82) is 5.26 Å². The van der Waals surface area contributed by atoms with Crippen LogP contribution in [0.5, 0.6) is 0 Å². The van der Waals surface area contributed by atoms with Crippen molar-refractivity contribution < 1.29 is 14.3 Å². The predicted molar refractivity (Wildman–Crippen MR) is 84.7 cm³/mol. The molecule has 1 aromatic rings. The topological polar surface area (TPSA) is 108 Å². The van der Waals surface area contributed by atoms with E-state index in [0.29, 0.717) is 19.6 Å². The van der Waals surface area contributed by atoms with Gasteiger partial charge < -0.3 is 10.1 Å². The van der Waals surface area contributed by atoms with Crippen LogP contribution in [0.1, 0.15) is 49.8 Å². The molecule has 0 aliphatic rings. The summed E-state index contributed by atoms with van der Waals surface area (Å²) in [5.74, 6) is -2.55. The van der Waals surface area contributed by atoms with Crippen LogP contribution in [-0.2, 0) is 16.0 Å². The molecule has 7 nitrogen and oxygen atoms in total. The van der Waals surface area contributed by atoms with Gasteiger partial charge in [0.25, 0.3) is 0 Å². The minimum atomic E-state index is -1.38. The summed E-state index contributed by atoms with van der Waals surface area (Å²) in [5.41, 5.74) is 0.942. The fourth-order valence-corrected chi connectivity index (χ4v) is 1.97. The number of nitriles is 1. The highest BCUT2D eigenvalue weighted by Gasteiger charge is 2.29. The van der Waals surface area contributed by atoms with Gasteiger partial charge in [-0.15, -0.1) is 0 Å². The van der Waals surface area contributed by atoms with E-state index in [0.717, 1.165) is 18.5 Å². The van der Waals surface area contributed by atoms with E-state index in [2.05, 4.69) is 15.5 Å². The zero-order valence-corrected chi connectivity index (χ0v) is 13.9. The van der Waals surface area contributed by atoms with Gasteiger partial charge in [-0.2, -0.15) is 10.4 Å². The number of aromatic amines is 1. The van der Waals surface area contributed by atoms with Crippen LogP contribution >= 0.6 is 0 Å². The Balaban J connectivity index is 2.52. The van der Waals surface area contributed by atoms with E-state index < -0.39 is 17.6 Å². The maximum atomic E-state index is 12.2. The molecule has 1 atom stereocenters. The van der Waals surface area contributed by atoms with Crippen molar-refractivity contribution in [2.75, 3.05) is 13.2 Å². The fourth-order valence-electron chi connectivity index (χ4n) is 1.97. The molecule has 0 aliphatic carbocycles. The van der Waals surface area contributed by atoms with Gasteiger partial charge in [0.2, 0.25) is 11.7 Å². The molecule has 1 rings (SSSR count). The third kappa shape index (κ3) is 6.20. The number of rotatable bonds is 10. The van der Waals surface area contributed by atoms with Crippen molar-refractivity contribution in [2.24, 2.45) is 5.92 Å². The molecule has 0 aromatic carbocycles. The van der Waals surface area contributed by atoms with Gasteiger partial charge in [0.1, 0.15) is 5.69 Å². The Morgan fingerprint density at radius 3 is 2.83 bits per heavy atom. The number of nitrogens with one attached hydrogen (secondary N) is 2. The first kappa shape index (κ1) is 18.8. The molecule has 23 heavy (non-hydrogen) atoms. The smallest absolute Gasteiger partial charge is 0.245 e. The molecule has 1 amide bonds. The molecule has 0 aliphatic heterocycles. The van der Waals surface area contributed by atoms with E-state index in [1.54, 1.807) is 12.1 Å². The van der Waals surface area contributed by atoms with E-state index in [1.165, 1.54) is 0 Å². The quantitative estimate of drug-likeness (QED) is 0.387. The highest BCUT2D eigenvalue weighted by molar-refractivity contribution is 6.11. The number of amides is 1. The van der Waals surface area contributed by atoms with Crippen molar-refractivity contribution in [2.45, 2.75) is 46.1 Å². The molecule has 1 unspecified atom stereocenters. The largest absolute Gasteiger partial charge is 0.379 e. The van der Waals surface area contributed by atoms with Crippen LogP contribution in [0, 0.1) is 17.2 Å². The number of Topliss-reactive ketones (excluding diaryl/α,β-unsaturated/α-hetero) is 1. The van der Waals surface area contributed by atoms with Crippen LogP contribution in [0.4, 0.5) is 0 Å². The van der Waals surface area contributed by atoms with Gasteiger partial charge in [-0.25, -0.2) is 0 Å². The van der Waals surface area contributed by atoms with E-state index >= 15 is 0 Å². The molecule has 0 fully saturated rings. The fraction of sp³-hybridized carbons (Fsp3) is 0.625. The number of aromatic nitrogens is 2. The summed E-state index contributed by atoms with van der Waals surface area (Å²) in [4.78, 5) is 24.2. The number of ether oxygens (including phenoxy) is 1. The molecule has 1 heterocycles. The van der Waals surface area contributed by atoms with Crippen LogP contribution in [0.25, 0.3) is 0 Å². The van der Waals surface area contributed by atoms with Crippen LogP contribution in [0.2, 0.25) is 0 Å². The van der Waals surface area contributed by atoms with Gasteiger partial charge in [0.05, 0.1) is 12.2 Å². The maximum Gasteiger partial charge on any atom is 0.245 e. The molecule has 1 aromatic heterocycles. The number of aryl methyl sites for hydroxylation is 1. The van der Waals surface area contributed by atoms with Crippen LogP contribution < -0.4 is 5.32 Å². The number of H-pyrrole nitrogens is 1. The van der Waals surface area contributed by atoms with Crippen LogP contribution in [0.3, 0.4) is 0 Å². The lowest BCUT2D eigenvalue weighted by atomic mass is 10.0. The summed E-state index contributed by atoms with van der Waals surface area (Å²) in [7, 11) is 0. The Kier molecular flexibility index (Phi) is 7.98. The molecule has 126 valence electrons. The lowest BCUT2D eigenvalue weighted by Gasteiger charge is -2.10. The molecule has 0 saturated heterocycles. The van der Waals surface area contributed by atoms with Crippen molar-refractivity contribution >= 4 is 11.7 Å². The number of hydrogen-bond donors (Lipinski definition) is 2. The molecule has 0 bridgehead atoms. The second-order valence-corrected chi connectivity index (χ2v) is 5.52. The molecular weight excluding hydrogens is 296 g/mol. The Hall–Kier alpha value is -2.20. The number of carbonyl (C=O) groups excluding carboxylic acids is 2. The zero-order valence-electron chi connectivity index (χ0n) is 13.9. The van der Waals surface area contributed by atoms with Gasteiger partial charge in [0.15, 0.2) is 5.92 Å². The standard InChI is InChI=1S/C16H24N4O3/c1-4-6-12-9-14(20-19-12)15(21)13(10-17)16(22)18-7-5-8-23-11(2)3/h9,11,13H,4-8H2,1-3H3,(H,18,22)(H,19,20). The Morgan fingerprint density at radius 1 is 1.48 bits per heavy atom. The highest BCUT2D eigenvalue weighted by Crippen LogP contribution is 2.09. The first-order chi connectivity index (χ1) is 11.0. The monoisotopic (exact) mass is 320 g/mol. The van der Waals surface area contributed by atoms with Gasteiger partial charge >= 0.3 is 0 Å². The molecule has 0 radical (unpaired) electrons. The van der Waals surface area contributed by atoms with Crippen molar-refractivity contribution in [3.05, 3.63) is 17.5 Å². The Bertz CT molecular complexity index is 560. The van der Waals surface area contributed by atoms with Crippen molar-refractivity contribution in [3.63, 3.8) is 0 Å². The van der Waals surface area contributed by atoms with Gasteiger partial charge in [0, 0.05) is 18.8 Å². The maximum absolute atomic E-state index is 12.2.